The molecule has 1 fully saturated rings. The number of benzene rings is 1. The van der Waals surface area contributed by atoms with Crippen LogP contribution in [0.1, 0.15) is 18.4 Å². The summed E-state index contributed by atoms with van der Waals surface area (Å²) in [7, 11) is 0. The van der Waals surface area contributed by atoms with Crippen LogP contribution in [0.25, 0.3) is 0 Å². The van der Waals surface area contributed by atoms with Crippen LogP contribution in [0.5, 0.6) is 0 Å². The fraction of sp³-hybridized carbons (Fsp3) is 0.500. The molecule has 4 nitrogen and oxygen atoms in total. The highest BCUT2D eigenvalue weighted by Crippen LogP contribution is 2.19. The van der Waals surface area contributed by atoms with Crippen molar-refractivity contribution in [1.29, 1.82) is 0 Å². The van der Waals surface area contributed by atoms with Crippen LogP contribution >= 0.6 is 0 Å². The van der Waals surface area contributed by atoms with Crippen LogP contribution in [0.2, 0.25) is 0 Å². The SMILES string of the molecule is O=C(Cc1ccc(F)c(F)c1)NCC1(O)CCOCC1. The van der Waals surface area contributed by atoms with E-state index in [2.05, 4.69) is 5.32 Å². The van der Waals surface area contributed by atoms with Crippen LogP contribution in [-0.2, 0) is 16.0 Å². The monoisotopic (exact) mass is 285 g/mol. The molecule has 2 N–H and O–H groups in total. The molecule has 1 aromatic carbocycles. The molecular formula is C14H17F2NO3. The number of carbonyl (C=O) groups is 1. The number of nitrogens with one attached hydrogen (secondary N) is 1. The highest BCUT2D eigenvalue weighted by molar-refractivity contribution is 5.78. The van der Waals surface area contributed by atoms with Crippen molar-refractivity contribution in [1.82, 2.24) is 5.32 Å². The second kappa shape index (κ2) is 6.28. The van der Waals surface area contributed by atoms with Gasteiger partial charge in [0.25, 0.3) is 0 Å². The zero-order valence-corrected chi connectivity index (χ0v) is 11.0. The molecule has 0 unspecified atom stereocenters. The summed E-state index contributed by atoms with van der Waals surface area (Å²) < 4.78 is 30.9. The molecule has 1 heterocycles. The number of carbonyl (C=O) groups excluding carboxylic acids is 1. The van der Waals surface area contributed by atoms with Crippen molar-refractivity contribution in [3.05, 3.63) is 35.4 Å². The zero-order valence-electron chi connectivity index (χ0n) is 11.0. The normalized spacial score (nSPS) is 17.8. The Morgan fingerprint density at radius 2 is 2.00 bits per heavy atom. The number of rotatable bonds is 4. The van der Waals surface area contributed by atoms with Crippen LogP contribution in [0.15, 0.2) is 18.2 Å². The van der Waals surface area contributed by atoms with E-state index in [0.717, 1.165) is 12.1 Å². The van der Waals surface area contributed by atoms with Crippen LogP contribution in [-0.4, -0.2) is 36.4 Å². The third-order valence-electron chi connectivity index (χ3n) is 3.39. The minimum atomic E-state index is -0.974. The van der Waals surface area contributed by atoms with E-state index in [1.165, 1.54) is 6.07 Å². The van der Waals surface area contributed by atoms with Crippen molar-refractivity contribution in [2.45, 2.75) is 24.9 Å². The minimum Gasteiger partial charge on any atom is -0.388 e. The van der Waals surface area contributed by atoms with Gasteiger partial charge in [-0.25, -0.2) is 8.78 Å². The van der Waals surface area contributed by atoms with Gasteiger partial charge in [0.2, 0.25) is 5.91 Å². The number of hydrogen-bond acceptors (Lipinski definition) is 3. The average molecular weight is 285 g/mol. The maximum atomic E-state index is 13.0. The number of ether oxygens (including phenoxy) is 1. The summed E-state index contributed by atoms with van der Waals surface area (Å²) in [5, 5.41) is 12.8. The van der Waals surface area contributed by atoms with E-state index in [9.17, 15) is 18.7 Å². The largest absolute Gasteiger partial charge is 0.388 e. The first kappa shape index (κ1) is 14.9. The predicted octanol–water partition coefficient (Wildman–Crippen LogP) is 1.17. The average Bonchev–Trinajstić information content (AvgIpc) is 2.42. The molecule has 1 aliphatic heterocycles. The van der Waals surface area contributed by atoms with Crippen molar-refractivity contribution in [2.75, 3.05) is 19.8 Å². The molecular weight excluding hydrogens is 268 g/mol. The first-order valence-electron chi connectivity index (χ1n) is 6.49. The van der Waals surface area contributed by atoms with Crippen molar-refractivity contribution in [3.63, 3.8) is 0 Å². The molecule has 0 aromatic heterocycles. The number of aliphatic hydroxyl groups is 1. The van der Waals surface area contributed by atoms with Crippen molar-refractivity contribution >= 4 is 5.91 Å². The van der Waals surface area contributed by atoms with Crippen molar-refractivity contribution in [2.24, 2.45) is 0 Å². The summed E-state index contributed by atoms with van der Waals surface area (Å²) in [5.74, 6) is -2.25. The maximum absolute atomic E-state index is 13.0. The van der Waals surface area contributed by atoms with E-state index in [4.69, 9.17) is 4.74 Å². The van der Waals surface area contributed by atoms with Crippen LogP contribution in [0.4, 0.5) is 8.78 Å². The number of hydrogen-bond donors (Lipinski definition) is 2. The summed E-state index contributed by atoms with van der Waals surface area (Å²) in [6, 6.07) is 3.35. The van der Waals surface area contributed by atoms with Gasteiger partial charge >= 0.3 is 0 Å². The molecule has 2 rings (SSSR count). The van der Waals surface area contributed by atoms with Gasteiger partial charge in [0.15, 0.2) is 11.6 Å². The fourth-order valence-corrected chi connectivity index (χ4v) is 2.09. The Labute approximate surface area is 115 Å². The molecule has 0 aliphatic carbocycles. The Bertz CT molecular complexity index is 487. The smallest absolute Gasteiger partial charge is 0.224 e. The van der Waals surface area contributed by atoms with Gasteiger partial charge in [0.05, 0.1) is 12.0 Å². The standard InChI is InChI=1S/C14H17F2NO3/c15-11-2-1-10(7-12(11)16)8-13(18)17-9-14(19)3-5-20-6-4-14/h1-2,7,19H,3-6,8-9H2,(H,17,18). The predicted molar refractivity (Wildman–Crippen MR) is 68.1 cm³/mol. The number of amides is 1. The van der Waals surface area contributed by atoms with Gasteiger partial charge in [-0.15, -0.1) is 0 Å². The highest BCUT2D eigenvalue weighted by Gasteiger charge is 2.30. The van der Waals surface area contributed by atoms with E-state index < -0.39 is 17.2 Å². The lowest BCUT2D eigenvalue weighted by Gasteiger charge is -2.32. The van der Waals surface area contributed by atoms with Crippen LogP contribution in [0, 0.1) is 11.6 Å². The first-order valence-corrected chi connectivity index (χ1v) is 6.49. The molecule has 0 atom stereocenters. The lowest BCUT2D eigenvalue weighted by Crippen LogP contribution is -2.46. The maximum Gasteiger partial charge on any atom is 0.224 e. The van der Waals surface area contributed by atoms with E-state index >= 15 is 0 Å². The van der Waals surface area contributed by atoms with E-state index in [0.29, 0.717) is 31.6 Å². The van der Waals surface area contributed by atoms with Crippen molar-refractivity contribution < 1.29 is 23.4 Å². The number of halogens is 2. The van der Waals surface area contributed by atoms with Crippen molar-refractivity contribution in [3.8, 4) is 0 Å². The van der Waals surface area contributed by atoms with Gasteiger partial charge in [0, 0.05) is 32.6 Å². The fourth-order valence-electron chi connectivity index (χ4n) is 2.09. The summed E-state index contributed by atoms with van der Waals surface area (Å²) >= 11 is 0. The second-order valence-electron chi connectivity index (χ2n) is 5.04. The van der Waals surface area contributed by atoms with Gasteiger partial charge in [-0.05, 0) is 17.7 Å². The Morgan fingerprint density at radius 1 is 1.30 bits per heavy atom. The summed E-state index contributed by atoms with van der Waals surface area (Å²) in [6.07, 6.45) is 0.890. The van der Waals surface area contributed by atoms with E-state index in [1.54, 1.807) is 0 Å². The van der Waals surface area contributed by atoms with Gasteiger partial charge < -0.3 is 15.2 Å². The molecule has 0 radical (unpaired) electrons. The molecule has 0 spiro atoms. The Morgan fingerprint density at radius 3 is 2.65 bits per heavy atom. The van der Waals surface area contributed by atoms with Crippen LogP contribution in [0.3, 0.4) is 0 Å². The molecule has 1 amide bonds. The summed E-state index contributed by atoms with van der Waals surface area (Å²) in [4.78, 5) is 11.7. The Kier molecular flexibility index (Phi) is 4.67. The topological polar surface area (TPSA) is 58.6 Å². The lowest BCUT2D eigenvalue weighted by atomic mass is 9.94. The molecule has 20 heavy (non-hydrogen) atoms. The molecule has 6 heteroatoms. The molecule has 1 aliphatic rings. The molecule has 0 bridgehead atoms. The molecule has 0 saturated carbocycles. The molecule has 1 saturated heterocycles. The second-order valence-corrected chi connectivity index (χ2v) is 5.04. The first-order chi connectivity index (χ1) is 9.48. The van der Waals surface area contributed by atoms with Gasteiger partial charge in [-0.1, -0.05) is 6.07 Å². The highest BCUT2D eigenvalue weighted by atomic mass is 19.2. The minimum absolute atomic E-state index is 0.0518. The molecule has 110 valence electrons. The quantitative estimate of drug-likeness (QED) is 0.873. The van der Waals surface area contributed by atoms with Crippen LogP contribution < -0.4 is 5.32 Å². The Balaban J connectivity index is 1.84. The summed E-state index contributed by atoms with van der Waals surface area (Å²) in [6.45, 7) is 1.07. The van der Waals surface area contributed by atoms with Gasteiger partial charge in [-0.3, -0.25) is 4.79 Å². The van der Waals surface area contributed by atoms with E-state index in [1.807, 2.05) is 0 Å². The van der Waals surface area contributed by atoms with Gasteiger partial charge in [-0.2, -0.15) is 0 Å². The lowest BCUT2D eigenvalue weighted by molar-refractivity contribution is -0.123. The Hall–Kier alpha value is -1.53. The van der Waals surface area contributed by atoms with Gasteiger partial charge in [0.1, 0.15) is 0 Å². The third kappa shape index (κ3) is 3.98. The molecule has 1 aromatic rings. The zero-order chi connectivity index (χ0) is 14.6. The van der Waals surface area contributed by atoms with E-state index in [-0.39, 0.29) is 18.9 Å². The summed E-state index contributed by atoms with van der Waals surface area (Å²) in [5.41, 5.74) is -0.553. The third-order valence-corrected chi connectivity index (χ3v) is 3.39.